The number of carbonyl (C=O) groups is 1. The third kappa shape index (κ3) is 4.64. The summed E-state index contributed by atoms with van der Waals surface area (Å²) in [6.07, 6.45) is 10.7. The van der Waals surface area contributed by atoms with E-state index in [0.717, 1.165) is 43.3 Å². The van der Waals surface area contributed by atoms with Crippen LogP contribution in [0.25, 0.3) is 0 Å². The summed E-state index contributed by atoms with van der Waals surface area (Å²) in [7, 11) is 0. The molecule has 1 amide bonds. The summed E-state index contributed by atoms with van der Waals surface area (Å²) in [4.78, 5) is 20.9. The van der Waals surface area contributed by atoms with Crippen molar-refractivity contribution in [1.29, 1.82) is 0 Å². The second-order valence-corrected chi connectivity index (χ2v) is 8.71. The van der Waals surface area contributed by atoms with E-state index in [9.17, 15) is 9.90 Å². The lowest BCUT2D eigenvalue weighted by atomic mass is 9.92. The fraction of sp³-hybridized carbons (Fsp3) is 0.652. The van der Waals surface area contributed by atoms with E-state index in [0.29, 0.717) is 5.84 Å². The Hall–Kier alpha value is -1.92. The topological polar surface area (TPSA) is 68.2 Å². The molecule has 1 saturated carbocycles. The standard InChI is InChI=1S/C23H34N4O2/c1-17(28)24-22-23(29)27(21-12-8-7-11-20(21)25-22)19-13-15-26(16-14-19)18-9-5-3-2-4-6-10-18/h7-8,11-12,18-19,23,29H,2-6,9-10,13-16H2,1H3,(H,24,25,28). The molecule has 1 saturated heterocycles. The second-order valence-electron chi connectivity index (χ2n) is 8.71. The summed E-state index contributed by atoms with van der Waals surface area (Å²) in [5.41, 5.74) is 1.77. The molecule has 2 N–H and O–H groups in total. The van der Waals surface area contributed by atoms with Crippen molar-refractivity contribution in [2.75, 3.05) is 18.0 Å². The first-order valence-corrected chi connectivity index (χ1v) is 11.3. The van der Waals surface area contributed by atoms with Gasteiger partial charge in [0.05, 0.1) is 11.4 Å². The predicted octanol–water partition coefficient (Wildman–Crippen LogP) is 3.57. The largest absolute Gasteiger partial charge is 0.367 e. The van der Waals surface area contributed by atoms with Crippen molar-refractivity contribution < 1.29 is 9.90 Å². The van der Waals surface area contributed by atoms with Gasteiger partial charge in [0.25, 0.3) is 0 Å². The fourth-order valence-electron chi connectivity index (χ4n) is 5.23. The number of hydrogen-bond acceptors (Lipinski definition) is 5. The first kappa shape index (κ1) is 20.4. The smallest absolute Gasteiger partial charge is 0.222 e. The van der Waals surface area contributed by atoms with Gasteiger partial charge in [-0.1, -0.05) is 44.2 Å². The summed E-state index contributed by atoms with van der Waals surface area (Å²) < 4.78 is 0. The van der Waals surface area contributed by atoms with Crippen LogP contribution in [0.1, 0.15) is 64.7 Å². The maximum Gasteiger partial charge on any atom is 0.222 e. The van der Waals surface area contributed by atoms with E-state index < -0.39 is 6.23 Å². The normalized spacial score (nSPS) is 25.0. The number of piperidine rings is 1. The molecule has 0 radical (unpaired) electrons. The van der Waals surface area contributed by atoms with Gasteiger partial charge in [0.1, 0.15) is 0 Å². The van der Waals surface area contributed by atoms with Crippen molar-refractivity contribution >= 4 is 23.1 Å². The Morgan fingerprint density at radius 1 is 1.00 bits per heavy atom. The second kappa shape index (κ2) is 9.26. The molecule has 3 aliphatic rings. The number of benzene rings is 1. The zero-order chi connectivity index (χ0) is 20.2. The Balaban J connectivity index is 1.47. The molecule has 6 heteroatoms. The van der Waals surface area contributed by atoms with Crippen molar-refractivity contribution in [3.8, 4) is 0 Å². The van der Waals surface area contributed by atoms with Crippen LogP contribution < -0.4 is 10.2 Å². The molecule has 1 atom stereocenters. The molecule has 0 aromatic heterocycles. The third-order valence-corrected chi connectivity index (χ3v) is 6.70. The van der Waals surface area contributed by atoms with Gasteiger partial charge in [-0.05, 0) is 37.8 Å². The van der Waals surface area contributed by atoms with E-state index >= 15 is 0 Å². The van der Waals surface area contributed by atoms with Crippen molar-refractivity contribution in [3.05, 3.63) is 24.3 Å². The number of amides is 1. The van der Waals surface area contributed by atoms with Crippen molar-refractivity contribution in [2.45, 2.75) is 83.0 Å². The molecule has 6 nitrogen and oxygen atoms in total. The van der Waals surface area contributed by atoms with Crippen LogP contribution in [0.2, 0.25) is 0 Å². The van der Waals surface area contributed by atoms with Gasteiger partial charge in [0.2, 0.25) is 5.91 Å². The van der Waals surface area contributed by atoms with E-state index in [4.69, 9.17) is 0 Å². The molecule has 29 heavy (non-hydrogen) atoms. The first-order valence-electron chi connectivity index (χ1n) is 11.3. The Labute approximate surface area is 174 Å². The lowest BCUT2D eigenvalue weighted by Crippen LogP contribution is -2.57. The van der Waals surface area contributed by atoms with Gasteiger partial charge in [-0.15, -0.1) is 0 Å². The van der Waals surface area contributed by atoms with Crippen molar-refractivity contribution in [2.24, 2.45) is 4.99 Å². The van der Waals surface area contributed by atoms with Crippen LogP contribution in [-0.2, 0) is 4.79 Å². The average molecular weight is 399 g/mol. The average Bonchev–Trinajstić information content (AvgIpc) is 2.69. The van der Waals surface area contributed by atoms with Gasteiger partial charge in [0.15, 0.2) is 12.1 Å². The van der Waals surface area contributed by atoms with E-state index in [-0.39, 0.29) is 11.9 Å². The Kier molecular flexibility index (Phi) is 6.50. The molecule has 1 aliphatic carbocycles. The van der Waals surface area contributed by atoms with Gasteiger partial charge >= 0.3 is 0 Å². The van der Waals surface area contributed by atoms with E-state index in [1.807, 2.05) is 24.3 Å². The van der Waals surface area contributed by atoms with Crippen LogP contribution >= 0.6 is 0 Å². The van der Waals surface area contributed by atoms with Crippen LogP contribution in [-0.4, -0.2) is 53.2 Å². The predicted molar refractivity (Wildman–Crippen MR) is 117 cm³/mol. The number of anilines is 1. The number of hydrogen-bond donors (Lipinski definition) is 2. The Morgan fingerprint density at radius 3 is 2.34 bits per heavy atom. The summed E-state index contributed by atoms with van der Waals surface area (Å²) >= 11 is 0. The monoisotopic (exact) mass is 398 g/mol. The van der Waals surface area contributed by atoms with Crippen molar-refractivity contribution in [1.82, 2.24) is 10.2 Å². The summed E-state index contributed by atoms with van der Waals surface area (Å²) in [5.74, 6) is 0.125. The number of aliphatic hydroxyl groups is 1. The molecule has 1 unspecified atom stereocenters. The highest BCUT2D eigenvalue weighted by Gasteiger charge is 2.36. The lowest BCUT2D eigenvalue weighted by molar-refractivity contribution is -0.117. The molecular weight excluding hydrogens is 364 g/mol. The van der Waals surface area contributed by atoms with Gasteiger partial charge in [0, 0.05) is 32.1 Å². The minimum atomic E-state index is -0.910. The summed E-state index contributed by atoms with van der Waals surface area (Å²) in [5, 5.41) is 13.8. The molecular formula is C23H34N4O2. The number of para-hydroxylation sites is 2. The molecule has 2 aliphatic heterocycles. The van der Waals surface area contributed by atoms with Crippen LogP contribution in [0, 0.1) is 0 Å². The molecule has 4 rings (SSSR count). The molecule has 2 fully saturated rings. The highest BCUT2D eigenvalue weighted by Crippen LogP contribution is 2.37. The number of nitrogens with zero attached hydrogens (tertiary/aromatic N) is 3. The number of carbonyl (C=O) groups excluding carboxylic acids is 1. The van der Waals surface area contributed by atoms with Crippen LogP contribution in [0.3, 0.4) is 0 Å². The molecule has 2 heterocycles. The van der Waals surface area contributed by atoms with Crippen LogP contribution in [0.15, 0.2) is 29.3 Å². The fourth-order valence-corrected chi connectivity index (χ4v) is 5.23. The summed E-state index contributed by atoms with van der Waals surface area (Å²) in [6.45, 7) is 3.61. The quantitative estimate of drug-likeness (QED) is 0.799. The molecule has 158 valence electrons. The van der Waals surface area contributed by atoms with E-state index in [1.54, 1.807) is 0 Å². The zero-order valence-corrected chi connectivity index (χ0v) is 17.5. The zero-order valence-electron chi connectivity index (χ0n) is 17.5. The SMILES string of the molecule is CC(=O)NC1=Nc2ccccc2N(C2CCN(C3CCCCCCC3)CC2)C1O. The van der Waals surface area contributed by atoms with Gasteiger partial charge in [-0.3, -0.25) is 4.79 Å². The van der Waals surface area contributed by atoms with Crippen molar-refractivity contribution in [3.63, 3.8) is 0 Å². The minimum Gasteiger partial charge on any atom is -0.367 e. The number of fused-ring (bicyclic) bond motifs is 1. The number of aliphatic imine (C=N–C) groups is 1. The number of amidine groups is 1. The lowest BCUT2D eigenvalue weighted by Gasteiger charge is -2.45. The highest BCUT2D eigenvalue weighted by molar-refractivity contribution is 6.04. The van der Waals surface area contributed by atoms with Gasteiger partial charge < -0.3 is 20.2 Å². The number of nitrogens with one attached hydrogen (secondary N) is 1. The molecule has 1 aromatic carbocycles. The molecule has 0 bridgehead atoms. The molecule has 0 spiro atoms. The summed E-state index contributed by atoms with van der Waals surface area (Å²) in [6, 6.07) is 8.87. The first-order chi connectivity index (χ1) is 14.1. The molecule has 1 aromatic rings. The minimum absolute atomic E-state index is 0.207. The van der Waals surface area contributed by atoms with Gasteiger partial charge in [-0.25, -0.2) is 4.99 Å². The third-order valence-electron chi connectivity index (χ3n) is 6.70. The number of aliphatic hydroxyl groups excluding tert-OH is 1. The highest BCUT2D eigenvalue weighted by atomic mass is 16.3. The van der Waals surface area contributed by atoms with Crippen LogP contribution in [0.5, 0.6) is 0 Å². The Bertz CT molecular complexity index is 734. The van der Waals surface area contributed by atoms with E-state index in [2.05, 4.69) is 20.1 Å². The maximum absolute atomic E-state index is 11.6. The van der Waals surface area contributed by atoms with E-state index in [1.165, 1.54) is 51.9 Å². The van der Waals surface area contributed by atoms with Gasteiger partial charge in [-0.2, -0.15) is 0 Å². The van der Waals surface area contributed by atoms with Crippen LogP contribution in [0.4, 0.5) is 11.4 Å². The number of likely N-dealkylation sites (tertiary alicyclic amines) is 1. The number of rotatable bonds is 2. The maximum atomic E-state index is 11.6. The Morgan fingerprint density at radius 2 is 1.66 bits per heavy atom.